The molecule has 0 atom stereocenters. The summed E-state index contributed by atoms with van der Waals surface area (Å²) in [5.74, 6) is 0.836. The quantitative estimate of drug-likeness (QED) is 0.580. The van der Waals surface area contributed by atoms with Crippen molar-refractivity contribution in [3.05, 3.63) is 70.9 Å². The molecule has 0 fully saturated rings. The van der Waals surface area contributed by atoms with Crippen LogP contribution in [0.5, 0.6) is 0 Å². The Labute approximate surface area is 154 Å². The highest BCUT2D eigenvalue weighted by Gasteiger charge is 2.21. The van der Waals surface area contributed by atoms with E-state index < -0.39 is 0 Å². The summed E-state index contributed by atoms with van der Waals surface area (Å²) in [6, 6.07) is 13.6. The number of carbonyl (C=O) groups excluding carboxylic acids is 1. The van der Waals surface area contributed by atoms with Gasteiger partial charge in [-0.15, -0.1) is 11.3 Å². The Bertz CT molecular complexity index is 1050. The highest BCUT2D eigenvalue weighted by Crippen LogP contribution is 2.28. The molecule has 0 saturated heterocycles. The van der Waals surface area contributed by atoms with Gasteiger partial charge in [-0.2, -0.15) is 5.10 Å². The van der Waals surface area contributed by atoms with E-state index in [0.29, 0.717) is 22.8 Å². The summed E-state index contributed by atoms with van der Waals surface area (Å²) in [5.41, 5.74) is 2.82. The van der Waals surface area contributed by atoms with Crippen LogP contribution in [0.4, 0.5) is 5.82 Å². The van der Waals surface area contributed by atoms with E-state index in [-0.39, 0.29) is 5.91 Å². The van der Waals surface area contributed by atoms with Crippen LogP contribution in [-0.4, -0.2) is 20.8 Å². The molecule has 0 spiro atoms. The molecule has 1 N–H and O–H groups in total. The highest BCUT2D eigenvalue weighted by molar-refractivity contribution is 7.13. The number of anilines is 1. The van der Waals surface area contributed by atoms with Crippen LogP contribution < -0.4 is 5.32 Å². The van der Waals surface area contributed by atoms with Gasteiger partial charge in [-0.1, -0.05) is 29.4 Å². The molecule has 26 heavy (non-hydrogen) atoms. The molecule has 0 aliphatic rings. The number of nitrogens with zero attached hydrogens (tertiary/aromatic N) is 3. The van der Waals surface area contributed by atoms with Gasteiger partial charge in [-0.3, -0.25) is 4.79 Å². The normalized spacial score (nSPS) is 10.8. The van der Waals surface area contributed by atoms with Gasteiger partial charge in [-0.25, -0.2) is 4.68 Å². The maximum atomic E-state index is 12.9. The van der Waals surface area contributed by atoms with E-state index in [2.05, 4.69) is 15.6 Å². The van der Waals surface area contributed by atoms with E-state index in [0.717, 1.165) is 16.1 Å². The number of carbonyl (C=O) groups is 1. The topological polar surface area (TPSA) is 73.0 Å². The SMILES string of the molecule is Cc1onc(NC(=O)c2cn(-c3ccccc3)nc2-c2cccs2)c1C. The second kappa shape index (κ2) is 6.61. The van der Waals surface area contributed by atoms with Gasteiger partial charge in [0.05, 0.1) is 16.1 Å². The summed E-state index contributed by atoms with van der Waals surface area (Å²) in [6.07, 6.45) is 1.74. The van der Waals surface area contributed by atoms with Gasteiger partial charge >= 0.3 is 0 Å². The standard InChI is InChI=1S/C19H16N4O2S/c1-12-13(2)25-22-18(12)20-19(24)15-11-23(14-7-4-3-5-8-14)21-17(15)16-9-6-10-26-16/h3-11H,1-2H3,(H,20,22,24). The minimum Gasteiger partial charge on any atom is -0.359 e. The lowest BCUT2D eigenvalue weighted by molar-refractivity contribution is 0.102. The summed E-state index contributed by atoms with van der Waals surface area (Å²) in [6.45, 7) is 3.66. The molecule has 3 heterocycles. The zero-order valence-electron chi connectivity index (χ0n) is 14.3. The van der Waals surface area contributed by atoms with Crippen LogP contribution in [0.1, 0.15) is 21.7 Å². The minimum absolute atomic E-state index is 0.271. The maximum absolute atomic E-state index is 12.9. The van der Waals surface area contributed by atoms with Crippen LogP contribution in [0.25, 0.3) is 16.3 Å². The fraction of sp³-hybridized carbons (Fsp3) is 0.105. The summed E-state index contributed by atoms with van der Waals surface area (Å²) in [5, 5.41) is 13.3. The molecule has 0 saturated carbocycles. The van der Waals surface area contributed by atoms with Crippen molar-refractivity contribution in [2.75, 3.05) is 5.32 Å². The molecule has 4 aromatic rings. The van der Waals surface area contributed by atoms with Gasteiger partial charge < -0.3 is 9.84 Å². The summed E-state index contributed by atoms with van der Waals surface area (Å²) in [7, 11) is 0. The molecule has 130 valence electrons. The van der Waals surface area contributed by atoms with Gasteiger partial charge in [0.25, 0.3) is 5.91 Å². The number of thiophene rings is 1. The lowest BCUT2D eigenvalue weighted by Crippen LogP contribution is -2.13. The number of hydrogen-bond acceptors (Lipinski definition) is 5. The van der Waals surface area contributed by atoms with Crippen molar-refractivity contribution >= 4 is 23.1 Å². The van der Waals surface area contributed by atoms with E-state index in [9.17, 15) is 4.79 Å². The second-order valence-corrected chi connectivity index (χ2v) is 6.76. The molecule has 0 radical (unpaired) electrons. The fourth-order valence-corrected chi connectivity index (χ4v) is 3.28. The molecule has 0 unspecified atom stereocenters. The van der Waals surface area contributed by atoms with Crippen molar-refractivity contribution in [1.82, 2.24) is 14.9 Å². The van der Waals surface area contributed by atoms with Gasteiger partial charge in [-0.05, 0) is 37.4 Å². The molecule has 1 aromatic carbocycles. The predicted molar refractivity (Wildman–Crippen MR) is 101 cm³/mol. The number of rotatable bonds is 4. The third kappa shape index (κ3) is 2.93. The van der Waals surface area contributed by atoms with E-state index in [4.69, 9.17) is 4.52 Å². The lowest BCUT2D eigenvalue weighted by Gasteiger charge is -2.02. The first-order valence-electron chi connectivity index (χ1n) is 8.06. The Hall–Kier alpha value is -3.19. The van der Waals surface area contributed by atoms with Crippen molar-refractivity contribution < 1.29 is 9.32 Å². The van der Waals surface area contributed by atoms with Crippen LogP contribution >= 0.6 is 11.3 Å². The molecule has 1 amide bonds. The summed E-state index contributed by atoms with van der Waals surface area (Å²) in [4.78, 5) is 13.8. The predicted octanol–water partition coefficient (Wildman–Crippen LogP) is 4.46. The number of aromatic nitrogens is 3. The third-order valence-electron chi connectivity index (χ3n) is 4.12. The minimum atomic E-state index is -0.271. The van der Waals surface area contributed by atoms with Gasteiger partial charge in [0.1, 0.15) is 11.5 Å². The Morgan fingerprint density at radius 2 is 1.96 bits per heavy atom. The zero-order valence-corrected chi connectivity index (χ0v) is 15.1. The zero-order chi connectivity index (χ0) is 18.1. The molecule has 6 nitrogen and oxygen atoms in total. The third-order valence-corrected chi connectivity index (χ3v) is 5.00. The molecule has 0 bridgehead atoms. The van der Waals surface area contributed by atoms with Crippen LogP contribution in [0.15, 0.2) is 58.6 Å². The molecule has 4 rings (SSSR count). The maximum Gasteiger partial charge on any atom is 0.260 e. The van der Waals surface area contributed by atoms with Crippen molar-refractivity contribution in [1.29, 1.82) is 0 Å². The van der Waals surface area contributed by atoms with Crippen molar-refractivity contribution in [2.24, 2.45) is 0 Å². The number of aryl methyl sites for hydroxylation is 1. The monoisotopic (exact) mass is 364 g/mol. The number of nitrogens with one attached hydrogen (secondary N) is 1. The number of hydrogen-bond donors (Lipinski definition) is 1. The Kier molecular flexibility index (Phi) is 4.14. The molecular weight excluding hydrogens is 348 g/mol. The summed E-state index contributed by atoms with van der Waals surface area (Å²) < 4.78 is 6.84. The van der Waals surface area contributed by atoms with Gasteiger partial charge in [0.15, 0.2) is 5.82 Å². The van der Waals surface area contributed by atoms with Crippen molar-refractivity contribution in [3.8, 4) is 16.3 Å². The fourth-order valence-electron chi connectivity index (χ4n) is 2.56. The van der Waals surface area contributed by atoms with Gasteiger partial charge in [0, 0.05) is 11.8 Å². The van der Waals surface area contributed by atoms with E-state index in [1.807, 2.05) is 61.7 Å². The molecule has 0 aliphatic heterocycles. The average molecular weight is 364 g/mol. The first-order valence-corrected chi connectivity index (χ1v) is 8.94. The number of para-hydroxylation sites is 1. The average Bonchev–Trinajstić information content (AvgIpc) is 3.39. The Balaban J connectivity index is 1.75. The van der Waals surface area contributed by atoms with Crippen molar-refractivity contribution in [3.63, 3.8) is 0 Å². The molecular formula is C19H16N4O2S. The first-order chi connectivity index (χ1) is 12.6. The van der Waals surface area contributed by atoms with E-state index >= 15 is 0 Å². The molecule has 3 aromatic heterocycles. The van der Waals surface area contributed by atoms with Crippen LogP contribution in [0, 0.1) is 13.8 Å². The van der Waals surface area contributed by atoms with Gasteiger partial charge in [0.2, 0.25) is 0 Å². The van der Waals surface area contributed by atoms with E-state index in [1.165, 1.54) is 11.3 Å². The second-order valence-electron chi connectivity index (χ2n) is 5.82. The van der Waals surface area contributed by atoms with Crippen LogP contribution in [0.3, 0.4) is 0 Å². The lowest BCUT2D eigenvalue weighted by atomic mass is 10.2. The highest BCUT2D eigenvalue weighted by atomic mass is 32.1. The van der Waals surface area contributed by atoms with Crippen LogP contribution in [0.2, 0.25) is 0 Å². The first kappa shape index (κ1) is 16.3. The number of benzene rings is 1. The molecule has 0 aliphatic carbocycles. The van der Waals surface area contributed by atoms with Crippen molar-refractivity contribution in [2.45, 2.75) is 13.8 Å². The number of amides is 1. The summed E-state index contributed by atoms with van der Waals surface area (Å²) >= 11 is 1.54. The Morgan fingerprint density at radius 1 is 1.15 bits per heavy atom. The van der Waals surface area contributed by atoms with E-state index in [1.54, 1.807) is 10.9 Å². The van der Waals surface area contributed by atoms with Crippen LogP contribution in [-0.2, 0) is 0 Å². The largest absolute Gasteiger partial charge is 0.359 e. The molecule has 7 heteroatoms. The Morgan fingerprint density at radius 3 is 2.62 bits per heavy atom. The smallest absolute Gasteiger partial charge is 0.260 e.